The van der Waals surface area contributed by atoms with Gasteiger partial charge in [-0.1, -0.05) is 158 Å². The predicted octanol–water partition coefficient (Wildman–Crippen LogP) is 13.2. The Morgan fingerprint density at radius 3 is 1.70 bits per heavy atom. The van der Waals surface area contributed by atoms with E-state index in [2.05, 4.69) is 168 Å². The summed E-state index contributed by atoms with van der Waals surface area (Å²) < 4.78 is 8.54. The molecular formula is C51H32N4O. The third-order valence-electron chi connectivity index (χ3n) is 10.7. The fourth-order valence-electron chi connectivity index (χ4n) is 8.07. The van der Waals surface area contributed by atoms with E-state index in [1.807, 2.05) is 30.3 Å². The first-order chi connectivity index (χ1) is 27.8. The summed E-state index contributed by atoms with van der Waals surface area (Å²) in [7, 11) is 0. The van der Waals surface area contributed by atoms with Crippen molar-refractivity contribution in [3.63, 3.8) is 0 Å². The van der Waals surface area contributed by atoms with Crippen molar-refractivity contribution in [2.24, 2.45) is 0 Å². The van der Waals surface area contributed by atoms with Crippen molar-refractivity contribution in [3.8, 4) is 62.1 Å². The van der Waals surface area contributed by atoms with Crippen LogP contribution in [0.15, 0.2) is 199 Å². The van der Waals surface area contributed by atoms with Crippen LogP contribution in [0.25, 0.3) is 106 Å². The lowest BCUT2D eigenvalue weighted by Crippen LogP contribution is -2.01. The second-order valence-electron chi connectivity index (χ2n) is 14.0. The molecular weight excluding hydrogens is 685 g/mol. The van der Waals surface area contributed by atoms with E-state index in [0.29, 0.717) is 17.5 Å². The molecule has 0 saturated carbocycles. The molecule has 262 valence electrons. The van der Waals surface area contributed by atoms with Gasteiger partial charge in [0.2, 0.25) is 0 Å². The number of aromatic nitrogens is 4. The molecule has 5 heteroatoms. The molecule has 5 nitrogen and oxygen atoms in total. The summed E-state index contributed by atoms with van der Waals surface area (Å²) in [6.45, 7) is 0. The van der Waals surface area contributed by atoms with Crippen LogP contribution in [0.5, 0.6) is 0 Å². The van der Waals surface area contributed by atoms with E-state index in [-0.39, 0.29) is 0 Å². The Balaban J connectivity index is 1.14. The van der Waals surface area contributed by atoms with E-state index in [0.717, 1.165) is 88.4 Å². The Hall–Kier alpha value is -7.63. The number of hydrogen-bond acceptors (Lipinski definition) is 4. The summed E-state index contributed by atoms with van der Waals surface area (Å²) in [5.74, 6) is 1.85. The lowest BCUT2D eigenvalue weighted by Gasteiger charge is -2.13. The van der Waals surface area contributed by atoms with Crippen LogP contribution < -0.4 is 0 Å². The molecule has 3 heterocycles. The number of para-hydroxylation sites is 2. The van der Waals surface area contributed by atoms with Crippen molar-refractivity contribution in [2.45, 2.75) is 0 Å². The summed E-state index contributed by atoms with van der Waals surface area (Å²) in [5, 5.41) is 4.39. The molecule has 0 saturated heterocycles. The van der Waals surface area contributed by atoms with Gasteiger partial charge in [0.25, 0.3) is 0 Å². The monoisotopic (exact) mass is 716 g/mol. The molecule has 0 radical (unpaired) electrons. The number of benzene rings is 8. The summed E-state index contributed by atoms with van der Waals surface area (Å²) >= 11 is 0. The number of nitrogens with zero attached hydrogens (tertiary/aromatic N) is 4. The molecule has 0 unspecified atom stereocenters. The van der Waals surface area contributed by atoms with Crippen molar-refractivity contribution in [3.05, 3.63) is 194 Å². The first-order valence-electron chi connectivity index (χ1n) is 18.8. The van der Waals surface area contributed by atoms with Gasteiger partial charge in [-0.15, -0.1) is 0 Å². The van der Waals surface area contributed by atoms with E-state index < -0.39 is 0 Å². The minimum atomic E-state index is 0.616. The molecule has 3 aromatic heterocycles. The van der Waals surface area contributed by atoms with Gasteiger partial charge in [0.1, 0.15) is 11.2 Å². The number of hydrogen-bond donors (Lipinski definition) is 0. The quantitative estimate of drug-likeness (QED) is 0.172. The Morgan fingerprint density at radius 2 is 0.893 bits per heavy atom. The molecule has 0 bridgehead atoms. The Morgan fingerprint density at radius 1 is 0.339 bits per heavy atom. The standard InChI is InChI=1S/C51H32N4O/c1-3-14-33(15-4-1)34-26-28-36(29-27-34)49-52-50(40-20-8-7-18-38(40)35-16-5-2-6-17-35)54-51(53-49)42-22-13-24-45-48(42)41-21-9-11-23-44(41)55(45)37-30-31-47-43(32-37)39-19-10-12-25-46(39)56-47/h1-32H. The van der Waals surface area contributed by atoms with Crippen molar-refractivity contribution >= 4 is 43.7 Å². The number of furan rings is 1. The lowest BCUT2D eigenvalue weighted by molar-refractivity contribution is 0.669. The summed E-state index contributed by atoms with van der Waals surface area (Å²) in [4.78, 5) is 15.8. The van der Waals surface area contributed by atoms with Gasteiger partial charge in [0.15, 0.2) is 17.5 Å². The first kappa shape index (κ1) is 31.9. The third-order valence-corrected chi connectivity index (χ3v) is 10.7. The maximum absolute atomic E-state index is 6.21. The molecule has 0 amide bonds. The summed E-state index contributed by atoms with van der Waals surface area (Å²) in [5.41, 5.74) is 12.2. The van der Waals surface area contributed by atoms with Crippen molar-refractivity contribution in [2.75, 3.05) is 0 Å². The molecule has 0 aliphatic heterocycles. The van der Waals surface area contributed by atoms with Gasteiger partial charge in [-0.25, -0.2) is 15.0 Å². The highest BCUT2D eigenvalue weighted by atomic mass is 16.3. The molecule has 8 aromatic carbocycles. The van der Waals surface area contributed by atoms with Crippen LogP contribution in [0.1, 0.15) is 0 Å². The molecule has 0 fully saturated rings. The van der Waals surface area contributed by atoms with Crippen LogP contribution >= 0.6 is 0 Å². The van der Waals surface area contributed by atoms with Crippen molar-refractivity contribution in [1.29, 1.82) is 0 Å². The highest BCUT2D eigenvalue weighted by molar-refractivity contribution is 6.15. The summed E-state index contributed by atoms with van der Waals surface area (Å²) in [6.07, 6.45) is 0. The second-order valence-corrected chi connectivity index (χ2v) is 14.0. The topological polar surface area (TPSA) is 56.7 Å². The van der Waals surface area contributed by atoms with Crippen LogP contribution in [0.4, 0.5) is 0 Å². The molecule has 56 heavy (non-hydrogen) atoms. The predicted molar refractivity (Wildman–Crippen MR) is 229 cm³/mol. The van der Waals surface area contributed by atoms with E-state index in [4.69, 9.17) is 19.4 Å². The van der Waals surface area contributed by atoms with Crippen LogP contribution in [-0.4, -0.2) is 19.5 Å². The molecule has 0 aliphatic carbocycles. The zero-order valence-corrected chi connectivity index (χ0v) is 30.2. The first-order valence-corrected chi connectivity index (χ1v) is 18.8. The third kappa shape index (κ3) is 5.29. The zero-order valence-electron chi connectivity index (χ0n) is 30.2. The molecule has 11 rings (SSSR count). The van der Waals surface area contributed by atoms with Crippen LogP contribution in [0.2, 0.25) is 0 Å². The molecule has 11 aromatic rings. The highest BCUT2D eigenvalue weighted by Crippen LogP contribution is 2.40. The maximum atomic E-state index is 6.21. The van der Waals surface area contributed by atoms with E-state index in [1.54, 1.807) is 0 Å². The Kier molecular flexibility index (Phi) is 7.42. The van der Waals surface area contributed by atoms with E-state index in [9.17, 15) is 0 Å². The lowest BCUT2D eigenvalue weighted by atomic mass is 9.99. The second kappa shape index (κ2) is 13.0. The minimum absolute atomic E-state index is 0.616. The SMILES string of the molecule is c1ccc(-c2ccc(-c3nc(-c4ccccc4-c4ccccc4)nc(-c4cccc5c4c4ccccc4n5-c4ccc5oc6ccccc6c5c4)n3)cc2)cc1. The maximum Gasteiger partial charge on any atom is 0.164 e. The highest BCUT2D eigenvalue weighted by Gasteiger charge is 2.21. The number of fused-ring (bicyclic) bond motifs is 6. The fraction of sp³-hybridized carbons (Fsp3) is 0. The van der Waals surface area contributed by atoms with Gasteiger partial charge in [-0.05, 0) is 58.7 Å². The molecule has 0 N–H and O–H groups in total. The van der Waals surface area contributed by atoms with E-state index in [1.165, 1.54) is 0 Å². The van der Waals surface area contributed by atoms with Crippen LogP contribution in [0, 0.1) is 0 Å². The Bertz CT molecular complexity index is 3240. The van der Waals surface area contributed by atoms with Gasteiger partial charge in [-0.3, -0.25) is 0 Å². The minimum Gasteiger partial charge on any atom is -0.456 e. The summed E-state index contributed by atoms with van der Waals surface area (Å²) in [6, 6.07) is 67.4. The molecule has 0 aliphatic rings. The fourth-order valence-corrected chi connectivity index (χ4v) is 8.07. The van der Waals surface area contributed by atoms with Gasteiger partial charge < -0.3 is 8.98 Å². The van der Waals surface area contributed by atoms with Gasteiger partial charge in [0, 0.05) is 43.9 Å². The Labute approximate surface area is 322 Å². The molecule has 0 atom stereocenters. The molecule has 0 spiro atoms. The average Bonchev–Trinajstić information content (AvgIpc) is 3.82. The van der Waals surface area contributed by atoms with Gasteiger partial charge >= 0.3 is 0 Å². The van der Waals surface area contributed by atoms with Crippen LogP contribution in [-0.2, 0) is 0 Å². The smallest absolute Gasteiger partial charge is 0.164 e. The van der Waals surface area contributed by atoms with Crippen molar-refractivity contribution < 1.29 is 4.42 Å². The normalized spacial score (nSPS) is 11.6. The van der Waals surface area contributed by atoms with Crippen LogP contribution in [0.3, 0.4) is 0 Å². The van der Waals surface area contributed by atoms with E-state index >= 15 is 0 Å². The van der Waals surface area contributed by atoms with Gasteiger partial charge in [-0.2, -0.15) is 0 Å². The van der Waals surface area contributed by atoms with Gasteiger partial charge in [0.05, 0.1) is 11.0 Å². The average molecular weight is 717 g/mol. The van der Waals surface area contributed by atoms with Crippen molar-refractivity contribution in [1.82, 2.24) is 19.5 Å². The zero-order chi connectivity index (χ0) is 37.0. The number of rotatable bonds is 6. The largest absolute Gasteiger partial charge is 0.456 e.